The first-order valence-electron chi connectivity index (χ1n) is 5.51. The summed E-state index contributed by atoms with van der Waals surface area (Å²) in [4.78, 5) is 10.4. The number of benzene rings is 1. The van der Waals surface area contributed by atoms with Crippen molar-refractivity contribution >= 4 is 21.6 Å². The van der Waals surface area contributed by atoms with Crippen LogP contribution >= 0.6 is 15.9 Å². The van der Waals surface area contributed by atoms with Gasteiger partial charge in [0, 0.05) is 12.6 Å². The lowest BCUT2D eigenvalue weighted by atomic mass is 10.2. The highest BCUT2D eigenvalue weighted by molar-refractivity contribution is 9.10. The summed E-state index contributed by atoms with van der Waals surface area (Å²) in [6, 6.07) is 5.11. The smallest absolute Gasteiger partial charge is 0.283 e. The van der Waals surface area contributed by atoms with Crippen molar-refractivity contribution in [3.8, 4) is 0 Å². The van der Waals surface area contributed by atoms with E-state index in [1.54, 1.807) is 12.1 Å². The lowest BCUT2D eigenvalue weighted by Crippen LogP contribution is -2.16. The second-order valence-electron chi connectivity index (χ2n) is 3.61. The molecule has 0 amide bonds. The van der Waals surface area contributed by atoms with Crippen LogP contribution in [0.2, 0.25) is 0 Å². The molecule has 0 aliphatic heterocycles. The van der Waals surface area contributed by atoms with E-state index in [-0.39, 0.29) is 5.69 Å². The van der Waals surface area contributed by atoms with Gasteiger partial charge in [0.15, 0.2) is 0 Å². The first-order chi connectivity index (χ1) is 8.65. The van der Waals surface area contributed by atoms with E-state index in [1.807, 2.05) is 6.07 Å². The molecule has 0 fully saturated rings. The highest BCUT2D eigenvalue weighted by Crippen LogP contribution is 2.25. The second-order valence-corrected chi connectivity index (χ2v) is 4.46. The fraction of sp³-hybridized carbons (Fsp3) is 0.333. The van der Waals surface area contributed by atoms with Gasteiger partial charge in [0.05, 0.1) is 22.3 Å². The van der Waals surface area contributed by atoms with Crippen molar-refractivity contribution in [2.45, 2.75) is 13.0 Å². The summed E-state index contributed by atoms with van der Waals surface area (Å²) < 4.78 is 5.48. The molecule has 0 bridgehead atoms. The van der Waals surface area contributed by atoms with Gasteiger partial charge in [0.2, 0.25) is 0 Å². The van der Waals surface area contributed by atoms with Crippen molar-refractivity contribution < 1.29 is 9.66 Å². The number of nitrogens with zero attached hydrogens (tertiary/aromatic N) is 1. The molecular formula is C12H15BrN2O3. The van der Waals surface area contributed by atoms with Crippen LogP contribution < -0.4 is 5.32 Å². The summed E-state index contributed by atoms with van der Waals surface area (Å²) in [6.07, 6.45) is 2.28. The number of halogens is 1. The number of nitrogens with one attached hydrogen (secondary N) is 1. The van der Waals surface area contributed by atoms with Gasteiger partial charge in [0.25, 0.3) is 5.69 Å². The number of hydrogen-bond acceptors (Lipinski definition) is 4. The van der Waals surface area contributed by atoms with Crippen molar-refractivity contribution in [2.75, 3.05) is 13.2 Å². The van der Waals surface area contributed by atoms with Crippen LogP contribution in [0.3, 0.4) is 0 Å². The SMILES string of the molecule is C=COCCCNCc1ccc(Br)c([N+](=O)[O-])c1. The maximum atomic E-state index is 10.8. The molecule has 0 unspecified atom stereocenters. The third-order valence-electron chi connectivity index (χ3n) is 2.27. The fourth-order valence-corrected chi connectivity index (χ4v) is 1.80. The third-order valence-corrected chi connectivity index (χ3v) is 2.94. The van der Waals surface area contributed by atoms with Gasteiger partial charge in [-0.05, 0) is 40.5 Å². The molecule has 0 saturated heterocycles. The number of rotatable bonds is 8. The van der Waals surface area contributed by atoms with Gasteiger partial charge >= 0.3 is 0 Å². The van der Waals surface area contributed by atoms with Gasteiger partial charge in [-0.3, -0.25) is 10.1 Å². The van der Waals surface area contributed by atoms with E-state index in [4.69, 9.17) is 4.74 Å². The first kappa shape index (κ1) is 14.7. The van der Waals surface area contributed by atoms with Gasteiger partial charge in [0.1, 0.15) is 0 Å². The normalized spacial score (nSPS) is 10.1. The van der Waals surface area contributed by atoms with Crippen LogP contribution in [-0.2, 0) is 11.3 Å². The summed E-state index contributed by atoms with van der Waals surface area (Å²) in [5.74, 6) is 0. The molecule has 1 N–H and O–H groups in total. The first-order valence-corrected chi connectivity index (χ1v) is 6.30. The van der Waals surface area contributed by atoms with Crippen molar-refractivity contribution in [2.24, 2.45) is 0 Å². The van der Waals surface area contributed by atoms with Crippen LogP contribution in [0, 0.1) is 10.1 Å². The molecule has 18 heavy (non-hydrogen) atoms. The van der Waals surface area contributed by atoms with Gasteiger partial charge in [-0.15, -0.1) is 0 Å². The van der Waals surface area contributed by atoms with Gasteiger partial charge < -0.3 is 10.1 Å². The number of nitro groups is 1. The monoisotopic (exact) mass is 314 g/mol. The summed E-state index contributed by atoms with van der Waals surface area (Å²) in [5, 5.41) is 13.9. The molecule has 98 valence electrons. The molecule has 0 aromatic heterocycles. The van der Waals surface area contributed by atoms with E-state index < -0.39 is 4.92 Å². The summed E-state index contributed by atoms with van der Waals surface area (Å²) >= 11 is 3.15. The minimum absolute atomic E-state index is 0.0873. The molecule has 1 rings (SSSR count). The van der Waals surface area contributed by atoms with Crippen LogP contribution in [-0.4, -0.2) is 18.1 Å². The Hall–Kier alpha value is -1.40. The Morgan fingerprint density at radius 2 is 2.33 bits per heavy atom. The van der Waals surface area contributed by atoms with Crippen LogP contribution in [0.15, 0.2) is 35.5 Å². The average Bonchev–Trinajstić information content (AvgIpc) is 2.35. The van der Waals surface area contributed by atoms with Crippen LogP contribution in [0.5, 0.6) is 0 Å². The molecule has 0 aliphatic carbocycles. The van der Waals surface area contributed by atoms with E-state index in [0.29, 0.717) is 17.6 Å². The third kappa shape index (κ3) is 4.85. The van der Waals surface area contributed by atoms with Crippen LogP contribution in [0.4, 0.5) is 5.69 Å². The van der Waals surface area contributed by atoms with Crippen molar-refractivity contribution in [1.82, 2.24) is 5.32 Å². The van der Waals surface area contributed by atoms with Crippen LogP contribution in [0.1, 0.15) is 12.0 Å². The predicted molar refractivity (Wildman–Crippen MR) is 73.3 cm³/mol. The quantitative estimate of drug-likeness (QED) is 0.347. The maximum absolute atomic E-state index is 10.8. The summed E-state index contributed by atoms with van der Waals surface area (Å²) in [6.45, 7) is 5.46. The topological polar surface area (TPSA) is 64.4 Å². The number of nitro benzene ring substituents is 1. The Labute approximate surface area is 114 Å². The summed E-state index contributed by atoms with van der Waals surface area (Å²) in [7, 11) is 0. The molecule has 1 aromatic rings. The van der Waals surface area contributed by atoms with Gasteiger partial charge in [-0.2, -0.15) is 0 Å². The Balaban J connectivity index is 2.41. The zero-order valence-electron chi connectivity index (χ0n) is 9.89. The van der Waals surface area contributed by atoms with Gasteiger partial charge in [-0.25, -0.2) is 0 Å². The van der Waals surface area contributed by atoms with E-state index in [0.717, 1.165) is 18.5 Å². The molecule has 0 saturated carbocycles. The Morgan fingerprint density at radius 1 is 1.56 bits per heavy atom. The highest BCUT2D eigenvalue weighted by Gasteiger charge is 2.11. The standard InChI is InChI=1S/C12H15BrN2O3/c1-2-18-7-3-6-14-9-10-4-5-11(13)12(8-10)15(16)17/h2,4-5,8,14H,1,3,6-7,9H2. The van der Waals surface area contributed by atoms with E-state index in [2.05, 4.69) is 27.8 Å². The Morgan fingerprint density at radius 3 is 3.00 bits per heavy atom. The molecule has 1 aromatic carbocycles. The molecule has 0 aliphatic rings. The minimum Gasteiger partial charge on any atom is -0.502 e. The van der Waals surface area contributed by atoms with Crippen molar-refractivity contribution in [3.05, 3.63) is 51.2 Å². The minimum atomic E-state index is -0.397. The van der Waals surface area contributed by atoms with Crippen molar-refractivity contribution in [3.63, 3.8) is 0 Å². The molecule has 0 atom stereocenters. The molecule has 5 nitrogen and oxygen atoms in total. The van der Waals surface area contributed by atoms with E-state index in [9.17, 15) is 10.1 Å². The lowest BCUT2D eigenvalue weighted by molar-refractivity contribution is -0.385. The zero-order valence-corrected chi connectivity index (χ0v) is 11.5. The average molecular weight is 315 g/mol. The summed E-state index contributed by atoms with van der Waals surface area (Å²) in [5.41, 5.74) is 0.971. The predicted octanol–water partition coefficient (Wildman–Crippen LogP) is 3.00. The number of hydrogen-bond donors (Lipinski definition) is 1. The van der Waals surface area contributed by atoms with E-state index in [1.165, 1.54) is 6.26 Å². The zero-order chi connectivity index (χ0) is 13.4. The maximum Gasteiger partial charge on any atom is 0.283 e. The largest absolute Gasteiger partial charge is 0.502 e. The molecule has 0 radical (unpaired) electrons. The molecule has 0 heterocycles. The molecule has 6 heteroatoms. The van der Waals surface area contributed by atoms with Crippen molar-refractivity contribution in [1.29, 1.82) is 0 Å². The highest BCUT2D eigenvalue weighted by atomic mass is 79.9. The molecule has 0 spiro atoms. The van der Waals surface area contributed by atoms with Gasteiger partial charge in [-0.1, -0.05) is 12.6 Å². The van der Waals surface area contributed by atoms with E-state index >= 15 is 0 Å². The Kier molecular flexibility index (Phi) is 6.38. The fourth-order valence-electron chi connectivity index (χ4n) is 1.40. The number of ether oxygens (including phenoxy) is 1. The second kappa shape index (κ2) is 7.84. The van der Waals surface area contributed by atoms with Crippen LogP contribution in [0.25, 0.3) is 0 Å². The lowest BCUT2D eigenvalue weighted by Gasteiger charge is -2.05. The molecular weight excluding hydrogens is 300 g/mol. The Bertz CT molecular complexity index is 424.